The summed E-state index contributed by atoms with van der Waals surface area (Å²) >= 11 is 0. The molecule has 0 aliphatic carbocycles. The number of hydrogen-bond donors (Lipinski definition) is 2. The molecular formula is C10H12BN5O3. The fourth-order valence-corrected chi connectivity index (χ4v) is 1.99. The molecular weight excluding hydrogens is 249 g/mol. The lowest BCUT2D eigenvalue weighted by atomic mass is 9.82. The maximum absolute atomic E-state index is 11.8. The van der Waals surface area contributed by atoms with Crippen molar-refractivity contribution in [1.29, 1.82) is 0 Å². The van der Waals surface area contributed by atoms with E-state index in [1.54, 1.807) is 6.07 Å². The number of azide groups is 1. The molecule has 1 aliphatic heterocycles. The molecule has 1 fully saturated rings. The summed E-state index contributed by atoms with van der Waals surface area (Å²) in [5, 5.41) is 21.4. The van der Waals surface area contributed by atoms with E-state index >= 15 is 0 Å². The Morgan fingerprint density at radius 2 is 2.37 bits per heavy atom. The molecule has 98 valence electrons. The van der Waals surface area contributed by atoms with Crippen molar-refractivity contribution in [2.45, 2.75) is 6.42 Å². The zero-order chi connectivity index (χ0) is 13.8. The van der Waals surface area contributed by atoms with Gasteiger partial charge >= 0.3 is 7.12 Å². The molecule has 0 bridgehead atoms. The number of anilines is 1. The third-order valence-electron chi connectivity index (χ3n) is 2.95. The number of hydrogen-bond acceptors (Lipinski definition) is 5. The standard InChI is InChI=1S/C10H12BN5O3/c12-15-14-4-7-3-10(17)16(6-7)9-2-1-8(5-13-9)11(18)19/h1-2,5,7,18-19H,3-4,6H2. The van der Waals surface area contributed by atoms with Gasteiger partial charge < -0.3 is 10.0 Å². The molecule has 1 aromatic heterocycles. The van der Waals surface area contributed by atoms with Crippen molar-refractivity contribution in [3.63, 3.8) is 0 Å². The Kier molecular flexibility index (Phi) is 4.01. The summed E-state index contributed by atoms with van der Waals surface area (Å²) in [7, 11) is -1.58. The summed E-state index contributed by atoms with van der Waals surface area (Å²) in [6, 6.07) is 3.06. The molecule has 9 heteroatoms. The normalized spacial score (nSPS) is 18.3. The molecule has 19 heavy (non-hydrogen) atoms. The van der Waals surface area contributed by atoms with Gasteiger partial charge in [-0.1, -0.05) is 11.2 Å². The number of rotatable bonds is 4. The SMILES string of the molecule is [N-]=[N+]=NCC1CC(=O)N(c2ccc(B(O)O)cn2)C1. The van der Waals surface area contributed by atoms with Crippen LogP contribution in [0.1, 0.15) is 6.42 Å². The van der Waals surface area contributed by atoms with E-state index in [1.165, 1.54) is 17.2 Å². The molecule has 1 aliphatic rings. The highest BCUT2D eigenvalue weighted by Gasteiger charge is 2.30. The Morgan fingerprint density at radius 1 is 1.58 bits per heavy atom. The van der Waals surface area contributed by atoms with Crippen molar-refractivity contribution in [1.82, 2.24) is 4.98 Å². The maximum atomic E-state index is 11.8. The zero-order valence-electron chi connectivity index (χ0n) is 10.0. The summed E-state index contributed by atoms with van der Waals surface area (Å²) in [5.74, 6) is 0.370. The number of aromatic nitrogens is 1. The van der Waals surface area contributed by atoms with Crippen LogP contribution < -0.4 is 10.4 Å². The Balaban J connectivity index is 2.09. The fourth-order valence-electron chi connectivity index (χ4n) is 1.99. The van der Waals surface area contributed by atoms with Crippen LogP contribution in [0.2, 0.25) is 0 Å². The van der Waals surface area contributed by atoms with Crippen LogP contribution in [-0.4, -0.2) is 41.1 Å². The van der Waals surface area contributed by atoms with Crippen LogP contribution in [-0.2, 0) is 4.79 Å². The molecule has 0 spiro atoms. The van der Waals surface area contributed by atoms with Crippen molar-refractivity contribution in [3.05, 3.63) is 28.8 Å². The van der Waals surface area contributed by atoms with E-state index in [4.69, 9.17) is 15.6 Å². The summed E-state index contributed by atoms with van der Waals surface area (Å²) in [6.45, 7) is 0.734. The van der Waals surface area contributed by atoms with Crippen molar-refractivity contribution in [3.8, 4) is 0 Å². The van der Waals surface area contributed by atoms with Crippen LogP contribution in [0.15, 0.2) is 23.4 Å². The van der Waals surface area contributed by atoms with E-state index in [9.17, 15) is 4.79 Å². The lowest BCUT2D eigenvalue weighted by Gasteiger charge is -2.15. The summed E-state index contributed by atoms with van der Waals surface area (Å²) in [5.41, 5.74) is 8.52. The zero-order valence-corrected chi connectivity index (χ0v) is 10.0. The van der Waals surface area contributed by atoms with Crippen LogP contribution in [0.5, 0.6) is 0 Å². The molecule has 1 atom stereocenters. The predicted octanol–water partition coefficient (Wildman–Crippen LogP) is -0.575. The van der Waals surface area contributed by atoms with E-state index in [0.29, 0.717) is 18.8 Å². The Morgan fingerprint density at radius 3 is 2.95 bits per heavy atom. The van der Waals surface area contributed by atoms with Gasteiger partial charge in [0.15, 0.2) is 0 Å². The first-order chi connectivity index (χ1) is 9.11. The van der Waals surface area contributed by atoms with Crippen LogP contribution in [0, 0.1) is 5.92 Å². The Labute approximate surface area is 109 Å². The number of pyridine rings is 1. The Hall–Kier alpha value is -2.09. The van der Waals surface area contributed by atoms with Crippen LogP contribution >= 0.6 is 0 Å². The quantitative estimate of drug-likeness (QED) is 0.326. The number of carbonyl (C=O) groups is 1. The first-order valence-electron chi connectivity index (χ1n) is 5.75. The summed E-state index contributed by atoms with van der Waals surface area (Å²) < 4.78 is 0. The maximum Gasteiger partial charge on any atom is 0.490 e. The molecule has 1 amide bonds. The molecule has 1 saturated heterocycles. The van der Waals surface area contributed by atoms with E-state index in [1.807, 2.05) is 0 Å². The van der Waals surface area contributed by atoms with Crippen molar-refractivity contribution >= 4 is 24.3 Å². The van der Waals surface area contributed by atoms with Gasteiger partial charge in [0.25, 0.3) is 0 Å². The van der Waals surface area contributed by atoms with Gasteiger partial charge in [-0.25, -0.2) is 4.98 Å². The van der Waals surface area contributed by atoms with Crippen LogP contribution in [0.25, 0.3) is 10.4 Å². The van der Waals surface area contributed by atoms with Gasteiger partial charge in [0.2, 0.25) is 5.91 Å². The van der Waals surface area contributed by atoms with Gasteiger partial charge in [-0.2, -0.15) is 0 Å². The summed E-state index contributed by atoms with van der Waals surface area (Å²) in [4.78, 5) is 20.0. The molecule has 2 heterocycles. The lowest BCUT2D eigenvalue weighted by molar-refractivity contribution is -0.117. The van der Waals surface area contributed by atoms with Gasteiger partial charge in [-0.15, -0.1) is 0 Å². The highest BCUT2D eigenvalue weighted by molar-refractivity contribution is 6.58. The highest BCUT2D eigenvalue weighted by atomic mass is 16.4. The minimum atomic E-state index is -1.58. The first-order valence-corrected chi connectivity index (χ1v) is 5.75. The highest BCUT2D eigenvalue weighted by Crippen LogP contribution is 2.23. The first kappa shape index (κ1) is 13.3. The molecule has 2 N–H and O–H groups in total. The molecule has 8 nitrogen and oxygen atoms in total. The van der Waals surface area contributed by atoms with Crippen LogP contribution in [0.4, 0.5) is 5.82 Å². The topological polar surface area (TPSA) is 122 Å². The van der Waals surface area contributed by atoms with Gasteiger partial charge in [0, 0.05) is 36.1 Å². The number of amides is 1. The third-order valence-corrected chi connectivity index (χ3v) is 2.95. The fraction of sp³-hybridized carbons (Fsp3) is 0.400. The predicted molar refractivity (Wildman–Crippen MR) is 68.5 cm³/mol. The second-order valence-corrected chi connectivity index (χ2v) is 4.31. The van der Waals surface area contributed by atoms with E-state index < -0.39 is 7.12 Å². The molecule has 2 rings (SSSR count). The lowest BCUT2D eigenvalue weighted by Crippen LogP contribution is -2.31. The second kappa shape index (κ2) is 5.70. The molecule has 0 radical (unpaired) electrons. The minimum Gasteiger partial charge on any atom is -0.423 e. The van der Waals surface area contributed by atoms with Crippen molar-refractivity contribution in [2.75, 3.05) is 18.0 Å². The van der Waals surface area contributed by atoms with E-state index in [0.717, 1.165) is 0 Å². The van der Waals surface area contributed by atoms with Gasteiger partial charge in [-0.05, 0) is 17.5 Å². The van der Waals surface area contributed by atoms with Crippen LogP contribution in [0.3, 0.4) is 0 Å². The smallest absolute Gasteiger partial charge is 0.423 e. The van der Waals surface area contributed by atoms with E-state index in [-0.39, 0.29) is 23.8 Å². The van der Waals surface area contributed by atoms with Crippen molar-refractivity contribution < 1.29 is 14.8 Å². The Bertz CT molecular complexity index is 514. The minimum absolute atomic E-state index is 0.00620. The molecule has 1 aromatic rings. The second-order valence-electron chi connectivity index (χ2n) is 4.31. The van der Waals surface area contributed by atoms with Gasteiger partial charge in [-0.3, -0.25) is 9.69 Å². The molecule has 0 aromatic carbocycles. The average molecular weight is 261 g/mol. The third kappa shape index (κ3) is 3.03. The number of carbonyl (C=O) groups excluding carboxylic acids is 1. The molecule has 1 unspecified atom stereocenters. The largest absolute Gasteiger partial charge is 0.490 e. The summed E-state index contributed by atoms with van der Waals surface area (Å²) in [6.07, 6.45) is 1.64. The van der Waals surface area contributed by atoms with Crippen molar-refractivity contribution in [2.24, 2.45) is 11.0 Å². The average Bonchev–Trinajstić information content (AvgIpc) is 2.77. The molecule has 0 saturated carbocycles. The van der Waals surface area contributed by atoms with E-state index in [2.05, 4.69) is 15.0 Å². The van der Waals surface area contributed by atoms with Gasteiger partial charge in [0.05, 0.1) is 0 Å². The van der Waals surface area contributed by atoms with Gasteiger partial charge in [0.1, 0.15) is 5.82 Å². The number of nitrogens with zero attached hydrogens (tertiary/aromatic N) is 5. The monoisotopic (exact) mass is 261 g/mol.